The number of halogens is 5. The Kier molecular flexibility index (Phi) is 5.94. The largest absolute Gasteiger partial charge is 0.463 e. The van der Waals surface area contributed by atoms with E-state index in [1.165, 1.54) is 0 Å². The summed E-state index contributed by atoms with van der Waals surface area (Å²) in [5.41, 5.74) is -0.906. The highest BCUT2D eigenvalue weighted by atomic mass is 19.4. The highest BCUT2D eigenvalue weighted by Gasteiger charge is 2.61. The molecule has 30 heavy (non-hydrogen) atoms. The van der Waals surface area contributed by atoms with Gasteiger partial charge in [-0.3, -0.25) is 4.79 Å². The molecule has 0 aliphatic heterocycles. The molecule has 4 aliphatic carbocycles. The number of carbonyl (C=O) groups is 2. The molecule has 4 aliphatic rings. The summed E-state index contributed by atoms with van der Waals surface area (Å²) in [6.07, 6.45) is -3.40. The molecule has 10 heteroatoms. The maximum atomic E-state index is 12.9. The smallest absolute Gasteiger partial charge is 0.453 e. The van der Waals surface area contributed by atoms with Gasteiger partial charge in [-0.05, 0) is 50.9 Å². The Labute approximate surface area is 170 Å². The summed E-state index contributed by atoms with van der Waals surface area (Å²) >= 11 is 0. The van der Waals surface area contributed by atoms with E-state index in [0.29, 0.717) is 23.8 Å². The van der Waals surface area contributed by atoms with Gasteiger partial charge in [0.15, 0.2) is 0 Å². The Morgan fingerprint density at radius 1 is 1.00 bits per heavy atom. The molecule has 4 rings (SSSR count). The zero-order valence-electron chi connectivity index (χ0n) is 16.7. The van der Waals surface area contributed by atoms with Crippen molar-refractivity contribution in [1.82, 2.24) is 0 Å². The predicted molar refractivity (Wildman–Crippen MR) is 93.6 cm³/mol. The fraction of sp³-hybridized carbons (Fsp3) is 0.800. The van der Waals surface area contributed by atoms with Crippen molar-refractivity contribution in [3.63, 3.8) is 0 Å². The molecule has 2 unspecified atom stereocenters. The van der Waals surface area contributed by atoms with E-state index in [1.54, 1.807) is 6.92 Å². The van der Waals surface area contributed by atoms with Gasteiger partial charge in [-0.25, -0.2) is 4.79 Å². The first-order valence-corrected chi connectivity index (χ1v) is 9.88. The van der Waals surface area contributed by atoms with E-state index in [4.69, 9.17) is 9.47 Å². The second kappa shape index (κ2) is 7.76. The Morgan fingerprint density at radius 3 is 2.10 bits per heavy atom. The summed E-state index contributed by atoms with van der Waals surface area (Å²) in [5.74, 6) is -6.59. The average molecular weight is 440 g/mol. The zero-order valence-corrected chi connectivity index (χ0v) is 16.7. The van der Waals surface area contributed by atoms with Crippen LogP contribution in [0, 0.1) is 11.8 Å². The van der Waals surface area contributed by atoms with Gasteiger partial charge in [0.25, 0.3) is 0 Å². The van der Waals surface area contributed by atoms with Gasteiger partial charge in [0.05, 0.1) is 12.2 Å². The minimum atomic E-state index is -5.81. The molecule has 0 aromatic heterocycles. The summed E-state index contributed by atoms with van der Waals surface area (Å²) < 4.78 is 78.5. The van der Waals surface area contributed by atoms with Gasteiger partial charge in [0, 0.05) is 12.0 Å². The number of hydrogen-bond donors (Lipinski definition) is 0. The van der Waals surface area contributed by atoms with Gasteiger partial charge < -0.3 is 14.2 Å². The van der Waals surface area contributed by atoms with Gasteiger partial charge in [-0.2, -0.15) is 22.0 Å². The van der Waals surface area contributed by atoms with Crippen molar-refractivity contribution in [2.45, 2.75) is 75.2 Å². The molecular formula is C20H25F5O5. The predicted octanol–water partition coefficient (Wildman–Crippen LogP) is 4.34. The lowest BCUT2D eigenvalue weighted by Gasteiger charge is -2.60. The van der Waals surface area contributed by atoms with Crippen LogP contribution in [0.2, 0.25) is 0 Å². The lowest BCUT2D eigenvalue weighted by atomic mass is 9.52. The first-order valence-electron chi connectivity index (χ1n) is 9.88. The van der Waals surface area contributed by atoms with E-state index in [2.05, 4.69) is 11.3 Å². The molecule has 170 valence electrons. The van der Waals surface area contributed by atoms with Crippen LogP contribution in [0.1, 0.15) is 51.9 Å². The zero-order chi connectivity index (χ0) is 22.4. The van der Waals surface area contributed by atoms with E-state index >= 15 is 0 Å². The summed E-state index contributed by atoms with van der Waals surface area (Å²) in [4.78, 5) is 23.4. The molecule has 0 saturated heterocycles. The lowest BCUT2D eigenvalue weighted by molar-refractivity contribution is -0.284. The fourth-order valence-electron chi connectivity index (χ4n) is 5.41. The van der Waals surface area contributed by atoms with Crippen LogP contribution in [0.4, 0.5) is 22.0 Å². The van der Waals surface area contributed by atoms with E-state index in [9.17, 15) is 31.5 Å². The topological polar surface area (TPSA) is 61.8 Å². The van der Waals surface area contributed by atoms with Gasteiger partial charge in [0.1, 0.15) is 18.6 Å². The van der Waals surface area contributed by atoms with Crippen molar-refractivity contribution in [3.8, 4) is 0 Å². The number of rotatable bonds is 8. The van der Waals surface area contributed by atoms with E-state index in [0.717, 1.165) is 32.1 Å². The molecule has 0 aromatic carbocycles. The number of carbonyl (C=O) groups excluding carboxylic acids is 2. The third kappa shape index (κ3) is 4.78. The second-order valence-electron chi connectivity index (χ2n) is 8.94. The van der Waals surface area contributed by atoms with Crippen molar-refractivity contribution >= 4 is 11.9 Å². The van der Waals surface area contributed by atoms with Gasteiger partial charge in [-0.15, -0.1) is 0 Å². The fourth-order valence-corrected chi connectivity index (χ4v) is 5.41. The number of esters is 2. The summed E-state index contributed by atoms with van der Waals surface area (Å²) in [7, 11) is 0. The standard InChI is InChI=1S/C20H25F5O5/c1-12(2)16(27)30-18-8-13-5-14(9-18)7-17(6-13,11-18)29-4-3-28-15(26)10-19(21,22)20(23,24)25/h13-14H,1,3-11H2,2H3. The second-order valence-corrected chi connectivity index (χ2v) is 8.94. The maximum Gasteiger partial charge on any atom is 0.453 e. The summed E-state index contributed by atoms with van der Waals surface area (Å²) in [6.45, 7) is 4.63. The monoisotopic (exact) mass is 440 g/mol. The van der Waals surface area contributed by atoms with Crippen LogP contribution >= 0.6 is 0 Å². The molecule has 4 saturated carbocycles. The molecule has 0 amide bonds. The van der Waals surface area contributed by atoms with Crippen molar-refractivity contribution in [1.29, 1.82) is 0 Å². The van der Waals surface area contributed by atoms with Gasteiger partial charge >= 0.3 is 24.0 Å². The van der Waals surface area contributed by atoms with E-state index in [-0.39, 0.29) is 6.61 Å². The molecular weight excluding hydrogens is 415 g/mol. The molecule has 0 N–H and O–H groups in total. The lowest BCUT2D eigenvalue weighted by Crippen LogP contribution is -2.61. The SMILES string of the molecule is C=C(C)C(=O)OC12CC3CC(CC(OCCOC(=O)CC(F)(F)C(F)(F)F)(C3)C1)C2. The Balaban J connectivity index is 1.53. The molecule has 0 aromatic rings. The van der Waals surface area contributed by atoms with Crippen LogP contribution in [0.3, 0.4) is 0 Å². The summed E-state index contributed by atoms with van der Waals surface area (Å²) in [5, 5.41) is 0. The Morgan fingerprint density at radius 2 is 1.57 bits per heavy atom. The molecule has 0 heterocycles. The van der Waals surface area contributed by atoms with Crippen LogP contribution in [0.5, 0.6) is 0 Å². The van der Waals surface area contributed by atoms with Crippen LogP contribution in [0.15, 0.2) is 12.2 Å². The molecule has 4 fully saturated rings. The van der Waals surface area contributed by atoms with Crippen molar-refractivity contribution in [3.05, 3.63) is 12.2 Å². The number of ether oxygens (including phenoxy) is 3. The molecule has 0 spiro atoms. The molecule has 5 nitrogen and oxygen atoms in total. The Hall–Kier alpha value is -1.71. The van der Waals surface area contributed by atoms with Gasteiger partial charge in [0.2, 0.25) is 0 Å². The average Bonchev–Trinajstić information content (AvgIpc) is 2.55. The third-order valence-corrected chi connectivity index (χ3v) is 6.15. The maximum absolute atomic E-state index is 12.9. The van der Waals surface area contributed by atoms with E-state index < -0.39 is 48.3 Å². The van der Waals surface area contributed by atoms with Crippen LogP contribution < -0.4 is 0 Å². The molecule has 4 bridgehead atoms. The van der Waals surface area contributed by atoms with E-state index in [1.807, 2.05) is 0 Å². The normalized spacial score (nSPS) is 32.7. The first-order chi connectivity index (χ1) is 13.7. The van der Waals surface area contributed by atoms with Crippen LogP contribution in [-0.4, -0.2) is 48.5 Å². The van der Waals surface area contributed by atoms with Crippen molar-refractivity contribution in [2.24, 2.45) is 11.8 Å². The Bertz CT molecular complexity index is 703. The minimum Gasteiger partial charge on any atom is -0.463 e. The van der Waals surface area contributed by atoms with Crippen LogP contribution in [-0.2, 0) is 23.8 Å². The minimum absolute atomic E-state index is 0.132. The number of hydrogen-bond acceptors (Lipinski definition) is 5. The molecule has 2 atom stereocenters. The number of alkyl halides is 5. The van der Waals surface area contributed by atoms with Crippen LogP contribution in [0.25, 0.3) is 0 Å². The van der Waals surface area contributed by atoms with Crippen molar-refractivity contribution in [2.75, 3.05) is 13.2 Å². The highest BCUT2D eigenvalue weighted by molar-refractivity contribution is 5.87. The first kappa shape index (κ1) is 23.0. The van der Waals surface area contributed by atoms with Gasteiger partial charge in [-0.1, -0.05) is 6.58 Å². The highest BCUT2D eigenvalue weighted by Crippen LogP contribution is 2.60. The quantitative estimate of drug-likeness (QED) is 0.243. The van der Waals surface area contributed by atoms with Crippen molar-refractivity contribution < 1.29 is 45.8 Å². The molecule has 0 radical (unpaired) electrons. The third-order valence-electron chi connectivity index (χ3n) is 6.15. The summed E-state index contributed by atoms with van der Waals surface area (Å²) in [6, 6.07) is 0.